The molecule has 32 heavy (non-hydrogen) atoms. The Morgan fingerprint density at radius 1 is 0.656 bits per heavy atom. The van der Waals surface area contributed by atoms with E-state index in [0.717, 1.165) is 11.1 Å². The summed E-state index contributed by atoms with van der Waals surface area (Å²) in [7, 11) is 0. The van der Waals surface area contributed by atoms with Gasteiger partial charge in [-0.1, -0.05) is 24.3 Å². The van der Waals surface area contributed by atoms with E-state index in [-0.39, 0.29) is 22.9 Å². The topological polar surface area (TPSA) is 120 Å². The third-order valence-corrected chi connectivity index (χ3v) is 8.06. The maximum absolute atomic E-state index is 13.2. The minimum Gasteiger partial charge on any atom is -0.299 e. The van der Waals surface area contributed by atoms with Crippen LogP contribution in [0.2, 0.25) is 0 Å². The molecular weight excluding hydrogens is 412 g/mol. The molecule has 0 aliphatic heterocycles. The fraction of sp³-hybridized carbons (Fsp3) is 0.417. The molecule has 0 heterocycles. The Balaban J connectivity index is 1.73. The van der Waals surface area contributed by atoms with Crippen molar-refractivity contribution in [2.45, 2.75) is 49.4 Å². The van der Waals surface area contributed by atoms with Crippen molar-refractivity contribution in [2.24, 2.45) is 11.8 Å². The number of hydrogen-bond acceptors (Lipinski definition) is 6. The molecular formula is C24H22N2O6. The number of nitro benzene ring substituents is 2. The average molecular weight is 434 g/mol. The van der Waals surface area contributed by atoms with Crippen LogP contribution in [0.15, 0.2) is 48.5 Å². The first-order valence-corrected chi connectivity index (χ1v) is 10.9. The fourth-order valence-electron chi connectivity index (χ4n) is 7.02. The number of hydrogen-bond donors (Lipinski definition) is 0. The van der Waals surface area contributed by atoms with Gasteiger partial charge in [0.1, 0.15) is 11.6 Å². The molecule has 0 unspecified atom stereocenters. The largest absolute Gasteiger partial charge is 0.299 e. The first-order valence-electron chi connectivity index (χ1n) is 10.9. The molecule has 5 rings (SSSR count). The standard InChI is InChI=1S/C24H22N2O6/c27-19-3-1-13-23(15-5-9-17(10-6-15)25(29)30)21(19)22-20(28)4-2-14-24(22,23)16-7-11-18(12-8-16)26(31)32/h5-12,21-22H,1-4,13-14H2/t21-,22-,23-,24-/m1/s1. The van der Waals surface area contributed by atoms with E-state index in [1.807, 2.05) is 0 Å². The van der Waals surface area contributed by atoms with Crippen molar-refractivity contribution < 1.29 is 19.4 Å². The summed E-state index contributed by atoms with van der Waals surface area (Å²) in [6.07, 6.45) is 3.62. The number of fused-ring (bicyclic) bond motifs is 4. The minimum atomic E-state index is -0.645. The Labute approximate surface area is 183 Å². The molecule has 0 spiro atoms. The maximum atomic E-state index is 13.2. The van der Waals surface area contributed by atoms with Gasteiger partial charge in [-0.05, 0) is 36.8 Å². The van der Waals surface area contributed by atoms with Crippen LogP contribution in [0.25, 0.3) is 0 Å². The summed E-state index contributed by atoms with van der Waals surface area (Å²) in [5.74, 6) is -0.763. The van der Waals surface area contributed by atoms with Crippen molar-refractivity contribution in [1.29, 1.82) is 0 Å². The zero-order valence-electron chi connectivity index (χ0n) is 17.4. The Bertz CT molecular complexity index is 1050. The molecule has 8 nitrogen and oxygen atoms in total. The van der Waals surface area contributed by atoms with Gasteiger partial charge in [-0.3, -0.25) is 29.8 Å². The predicted octanol–water partition coefficient (Wildman–Crippen LogP) is 4.43. The van der Waals surface area contributed by atoms with Gasteiger partial charge in [0, 0.05) is 59.8 Å². The third kappa shape index (κ3) is 2.49. The van der Waals surface area contributed by atoms with Crippen LogP contribution in [0.5, 0.6) is 0 Å². The lowest BCUT2D eigenvalue weighted by atomic mass is 9.29. The molecule has 3 saturated carbocycles. The first kappa shape index (κ1) is 20.5. The Kier molecular flexibility index (Phi) is 4.51. The van der Waals surface area contributed by atoms with Crippen LogP contribution >= 0.6 is 0 Å². The fourth-order valence-corrected chi connectivity index (χ4v) is 7.02. The number of benzene rings is 2. The Morgan fingerprint density at radius 2 is 1.00 bits per heavy atom. The molecule has 8 heteroatoms. The highest BCUT2D eigenvalue weighted by molar-refractivity contribution is 5.97. The monoisotopic (exact) mass is 434 g/mol. The molecule has 3 aliphatic rings. The van der Waals surface area contributed by atoms with Crippen LogP contribution in [0.1, 0.15) is 49.7 Å². The van der Waals surface area contributed by atoms with E-state index in [0.29, 0.717) is 38.5 Å². The molecule has 0 aromatic heterocycles. The van der Waals surface area contributed by atoms with Gasteiger partial charge in [0.05, 0.1) is 9.85 Å². The molecule has 0 radical (unpaired) electrons. The normalized spacial score (nSPS) is 31.2. The number of nitro groups is 2. The highest BCUT2D eigenvalue weighted by Gasteiger charge is 2.76. The molecule has 164 valence electrons. The molecule has 3 fully saturated rings. The summed E-state index contributed by atoms with van der Waals surface area (Å²) in [5.41, 5.74) is 0.339. The second-order valence-electron chi connectivity index (χ2n) is 9.15. The minimum absolute atomic E-state index is 0.0242. The Morgan fingerprint density at radius 3 is 1.31 bits per heavy atom. The molecule has 0 N–H and O–H groups in total. The van der Waals surface area contributed by atoms with Crippen LogP contribution in [0.3, 0.4) is 0 Å². The smallest absolute Gasteiger partial charge is 0.269 e. The van der Waals surface area contributed by atoms with Gasteiger partial charge in [-0.25, -0.2) is 0 Å². The maximum Gasteiger partial charge on any atom is 0.269 e. The highest BCUT2D eigenvalue weighted by atomic mass is 16.6. The lowest BCUT2D eigenvalue weighted by molar-refractivity contribution is -0.385. The van der Waals surface area contributed by atoms with Crippen molar-refractivity contribution >= 4 is 22.9 Å². The molecule has 2 aromatic rings. The van der Waals surface area contributed by atoms with E-state index in [1.165, 1.54) is 24.3 Å². The Hall–Kier alpha value is -3.42. The first-order chi connectivity index (χ1) is 15.3. The second-order valence-corrected chi connectivity index (χ2v) is 9.15. The zero-order valence-corrected chi connectivity index (χ0v) is 17.4. The second kappa shape index (κ2) is 7.05. The number of carbonyl (C=O) groups excluding carboxylic acids is 2. The number of nitrogens with zero attached hydrogens (tertiary/aromatic N) is 2. The molecule has 0 bridgehead atoms. The molecule has 0 amide bonds. The number of rotatable bonds is 4. The predicted molar refractivity (Wildman–Crippen MR) is 114 cm³/mol. The van der Waals surface area contributed by atoms with E-state index in [2.05, 4.69) is 0 Å². The highest BCUT2D eigenvalue weighted by Crippen LogP contribution is 2.73. The summed E-state index contributed by atoms with van der Waals surface area (Å²) in [5, 5.41) is 22.4. The van der Waals surface area contributed by atoms with Gasteiger partial charge in [0.2, 0.25) is 0 Å². The van der Waals surface area contributed by atoms with Crippen LogP contribution < -0.4 is 0 Å². The summed E-state index contributed by atoms with van der Waals surface area (Å²) in [6, 6.07) is 12.8. The molecule has 3 aliphatic carbocycles. The summed E-state index contributed by atoms with van der Waals surface area (Å²) >= 11 is 0. The zero-order chi connectivity index (χ0) is 22.7. The number of Topliss-reactive ketones (excluding diaryl/α,β-unsaturated/α-hetero) is 2. The molecule has 4 atom stereocenters. The van der Waals surface area contributed by atoms with Crippen LogP contribution in [0, 0.1) is 32.1 Å². The van der Waals surface area contributed by atoms with Gasteiger partial charge in [-0.2, -0.15) is 0 Å². The van der Waals surface area contributed by atoms with E-state index in [9.17, 15) is 29.8 Å². The van der Waals surface area contributed by atoms with E-state index < -0.39 is 32.5 Å². The van der Waals surface area contributed by atoms with Crippen LogP contribution in [-0.2, 0) is 20.4 Å². The van der Waals surface area contributed by atoms with Gasteiger partial charge in [0.15, 0.2) is 0 Å². The van der Waals surface area contributed by atoms with Crippen LogP contribution in [0.4, 0.5) is 11.4 Å². The van der Waals surface area contributed by atoms with E-state index in [4.69, 9.17) is 0 Å². The van der Waals surface area contributed by atoms with Crippen LogP contribution in [-0.4, -0.2) is 21.4 Å². The summed E-state index contributed by atoms with van der Waals surface area (Å²) in [4.78, 5) is 47.8. The van der Waals surface area contributed by atoms with E-state index in [1.54, 1.807) is 24.3 Å². The lowest BCUT2D eigenvalue weighted by Gasteiger charge is -2.72. The quantitative estimate of drug-likeness (QED) is 0.518. The molecule has 2 aromatic carbocycles. The summed E-state index contributed by atoms with van der Waals surface area (Å²) in [6.45, 7) is 0. The van der Waals surface area contributed by atoms with Crippen molar-refractivity contribution in [3.63, 3.8) is 0 Å². The van der Waals surface area contributed by atoms with E-state index >= 15 is 0 Å². The van der Waals surface area contributed by atoms with Crippen molar-refractivity contribution in [1.82, 2.24) is 0 Å². The number of carbonyl (C=O) groups is 2. The average Bonchev–Trinajstić information content (AvgIpc) is 2.77. The van der Waals surface area contributed by atoms with Gasteiger partial charge < -0.3 is 0 Å². The van der Waals surface area contributed by atoms with Gasteiger partial charge in [0.25, 0.3) is 11.4 Å². The third-order valence-electron chi connectivity index (χ3n) is 8.06. The van der Waals surface area contributed by atoms with Crippen molar-refractivity contribution in [3.05, 3.63) is 79.9 Å². The molecule has 0 saturated heterocycles. The van der Waals surface area contributed by atoms with Crippen molar-refractivity contribution in [3.8, 4) is 0 Å². The SMILES string of the molecule is O=C1CCC[C@@]2(c3ccc([N+](=O)[O-])cc3)[C@H]1[C@H]1C(=O)CCC[C@@]12c1ccc([N+](=O)[O-])cc1. The van der Waals surface area contributed by atoms with Gasteiger partial charge in [-0.15, -0.1) is 0 Å². The number of non-ortho nitro benzene ring substituents is 2. The lowest BCUT2D eigenvalue weighted by Crippen LogP contribution is -2.76. The van der Waals surface area contributed by atoms with Gasteiger partial charge >= 0.3 is 0 Å². The summed E-state index contributed by atoms with van der Waals surface area (Å²) < 4.78 is 0. The van der Waals surface area contributed by atoms with Crippen molar-refractivity contribution in [2.75, 3.05) is 0 Å². The number of ketones is 2.